The van der Waals surface area contributed by atoms with Gasteiger partial charge in [-0.2, -0.15) is 5.10 Å². The summed E-state index contributed by atoms with van der Waals surface area (Å²) in [6.45, 7) is 6.38. The highest BCUT2D eigenvalue weighted by Gasteiger charge is 2.19. The molecule has 0 saturated carbocycles. The van der Waals surface area contributed by atoms with Gasteiger partial charge >= 0.3 is 0 Å². The lowest BCUT2D eigenvalue weighted by atomic mass is 10.0. The van der Waals surface area contributed by atoms with Crippen molar-refractivity contribution in [2.75, 3.05) is 12.3 Å². The first kappa shape index (κ1) is 20.6. The molecule has 3 aromatic heterocycles. The van der Waals surface area contributed by atoms with Crippen LogP contribution < -0.4 is 11.1 Å². The molecule has 0 saturated heterocycles. The number of nitrogens with zero attached hydrogens (tertiary/aromatic N) is 4. The molecular formula is C23H26N6O2. The Morgan fingerprint density at radius 3 is 2.74 bits per heavy atom. The quantitative estimate of drug-likeness (QED) is 0.442. The van der Waals surface area contributed by atoms with Gasteiger partial charge < -0.3 is 15.6 Å². The van der Waals surface area contributed by atoms with E-state index >= 15 is 0 Å². The Bertz CT molecular complexity index is 1210. The molecule has 0 bridgehead atoms. The molecule has 8 nitrogen and oxygen atoms in total. The number of nitrogens with one attached hydrogen (secondary N) is 1. The van der Waals surface area contributed by atoms with Gasteiger partial charge in [-0.25, -0.2) is 9.67 Å². The van der Waals surface area contributed by atoms with E-state index in [-0.39, 0.29) is 11.8 Å². The molecule has 1 aromatic carbocycles. The number of carbonyl (C=O) groups excluding carboxylic acids is 1. The lowest BCUT2D eigenvalue weighted by molar-refractivity contribution is 0.0954. The molecule has 4 aromatic rings. The van der Waals surface area contributed by atoms with Crippen LogP contribution >= 0.6 is 0 Å². The second kappa shape index (κ2) is 8.59. The average Bonchev–Trinajstić information content (AvgIpc) is 3.33. The Morgan fingerprint density at radius 2 is 2.00 bits per heavy atom. The number of aromatic nitrogens is 4. The van der Waals surface area contributed by atoms with Crippen molar-refractivity contribution in [2.45, 2.75) is 39.5 Å². The first-order chi connectivity index (χ1) is 14.9. The SMILES string of the molecule is Cc1noc2nc(C(C)C)cc(C(=O)NCCCc3cc(N)n(-c4ccccc4)n3)c12. The summed E-state index contributed by atoms with van der Waals surface area (Å²) in [7, 11) is 0. The molecule has 4 rings (SSSR count). The lowest BCUT2D eigenvalue weighted by Gasteiger charge is -2.09. The summed E-state index contributed by atoms with van der Waals surface area (Å²) < 4.78 is 7.03. The first-order valence-corrected chi connectivity index (χ1v) is 10.4. The Morgan fingerprint density at radius 1 is 1.23 bits per heavy atom. The zero-order valence-electron chi connectivity index (χ0n) is 17.9. The van der Waals surface area contributed by atoms with Gasteiger partial charge in [0, 0.05) is 18.3 Å². The lowest BCUT2D eigenvalue weighted by Crippen LogP contribution is -2.25. The van der Waals surface area contributed by atoms with Crippen molar-refractivity contribution in [1.82, 2.24) is 25.2 Å². The second-order valence-corrected chi connectivity index (χ2v) is 7.86. The predicted molar refractivity (Wildman–Crippen MR) is 119 cm³/mol. The molecule has 0 aliphatic carbocycles. The number of anilines is 1. The zero-order chi connectivity index (χ0) is 22.0. The Kier molecular flexibility index (Phi) is 5.70. The number of nitrogen functional groups attached to an aromatic ring is 1. The van der Waals surface area contributed by atoms with Crippen LogP contribution in [0, 0.1) is 6.92 Å². The number of benzene rings is 1. The second-order valence-electron chi connectivity index (χ2n) is 7.86. The number of para-hydroxylation sites is 1. The van der Waals surface area contributed by atoms with Crippen molar-refractivity contribution in [1.29, 1.82) is 0 Å². The van der Waals surface area contributed by atoms with Crippen LogP contribution in [0.2, 0.25) is 0 Å². The number of fused-ring (bicyclic) bond motifs is 1. The molecule has 0 radical (unpaired) electrons. The number of aryl methyl sites for hydroxylation is 2. The molecule has 31 heavy (non-hydrogen) atoms. The number of rotatable bonds is 7. The van der Waals surface area contributed by atoms with Gasteiger partial charge in [0.2, 0.25) is 0 Å². The summed E-state index contributed by atoms with van der Waals surface area (Å²) in [5.41, 5.74) is 10.3. The van der Waals surface area contributed by atoms with E-state index in [0.29, 0.717) is 41.1 Å². The minimum Gasteiger partial charge on any atom is -0.384 e. The monoisotopic (exact) mass is 418 g/mol. The Labute approximate surface area is 180 Å². The number of pyridine rings is 1. The van der Waals surface area contributed by atoms with Crippen LogP contribution in [0.3, 0.4) is 0 Å². The van der Waals surface area contributed by atoms with E-state index in [1.165, 1.54) is 0 Å². The normalized spacial score (nSPS) is 11.4. The van der Waals surface area contributed by atoms with E-state index in [9.17, 15) is 4.79 Å². The highest BCUT2D eigenvalue weighted by atomic mass is 16.5. The number of nitrogens with two attached hydrogens (primary N) is 1. The fraction of sp³-hybridized carbons (Fsp3) is 0.304. The predicted octanol–water partition coefficient (Wildman–Crippen LogP) is 3.79. The molecule has 3 heterocycles. The number of hydrogen-bond acceptors (Lipinski definition) is 6. The van der Waals surface area contributed by atoms with E-state index < -0.39 is 0 Å². The number of hydrogen-bond donors (Lipinski definition) is 2. The summed E-state index contributed by atoms with van der Waals surface area (Å²) in [6.07, 6.45) is 1.45. The van der Waals surface area contributed by atoms with Crippen LogP contribution in [0.15, 0.2) is 47.0 Å². The van der Waals surface area contributed by atoms with Gasteiger partial charge in [0.25, 0.3) is 11.6 Å². The molecule has 0 aliphatic heterocycles. The Hall–Kier alpha value is -3.68. The molecular weight excluding hydrogens is 392 g/mol. The van der Waals surface area contributed by atoms with Crippen molar-refractivity contribution in [2.24, 2.45) is 0 Å². The van der Waals surface area contributed by atoms with Crippen LogP contribution in [-0.4, -0.2) is 32.4 Å². The smallest absolute Gasteiger partial charge is 0.259 e. The van der Waals surface area contributed by atoms with Crippen molar-refractivity contribution >= 4 is 22.8 Å². The van der Waals surface area contributed by atoms with Crippen LogP contribution in [-0.2, 0) is 6.42 Å². The third-order valence-electron chi connectivity index (χ3n) is 5.16. The summed E-state index contributed by atoms with van der Waals surface area (Å²) in [5, 5.41) is 12.2. The minimum atomic E-state index is -0.157. The molecule has 0 spiro atoms. The molecule has 0 fully saturated rings. The Balaban J connectivity index is 1.41. The van der Waals surface area contributed by atoms with E-state index in [4.69, 9.17) is 10.3 Å². The fourth-order valence-corrected chi connectivity index (χ4v) is 3.50. The summed E-state index contributed by atoms with van der Waals surface area (Å²) in [4.78, 5) is 17.4. The number of carbonyl (C=O) groups is 1. The molecule has 3 N–H and O–H groups in total. The van der Waals surface area contributed by atoms with Gasteiger partial charge in [-0.15, -0.1) is 0 Å². The zero-order valence-corrected chi connectivity index (χ0v) is 17.9. The van der Waals surface area contributed by atoms with Gasteiger partial charge in [0.15, 0.2) is 0 Å². The van der Waals surface area contributed by atoms with Gasteiger partial charge in [-0.3, -0.25) is 4.79 Å². The van der Waals surface area contributed by atoms with Crippen molar-refractivity contribution in [3.63, 3.8) is 0 Å². The van der Waals surface area contributed by atoms with Crippen molar-refractivity contribution in [3.05, 3.63) is 65.1 Å². The van der Waals surface area contributed by atoms with Crippen LogP contribution in [0.4, 0.5) is 5.82 Å². The largest absolute Gasteiger partial charge is 0.384 e. The topological polar surface area (TPSA) is 112 Å². The fourth-order valence-electron chi connectivity index (χ4n) is 3.50. The first-order valence-electron chi connectivity index (χ1n) is 10.4. The highest BCUT2D eigenvalue weighted by Crippen LogP contribution is 2.25. The molecule has 1 amide bonds. The molecule has 0 atom stereocenters. The van der Waals surface area contributed by atoms with Crippen molar-refractivity contribution < 1.29 is 9.32 Å². The number of amides is 1. The van der Waals surface area contributed by atoms with Crippen LogP contribution in [0.25, 0.3) is 16.8 Å². The van der Waals surface area contributed by atoms with Crippen LogP contribution in [0.5, 0.6) is 0 Å². The standard InChI is InChI=1S/C23H26N6O2/c1-14(2)19-13-18(21-15(3)28-31-23(21)26-19)22(30)25-11-7-8-16-12-20(24)29(27-16)17-9-5-4-6-10-17/h4-6,9-10,12-14H,7-8,11,24H2,1-3H3,(H,25,30). The minimum absolute atomic E-state index is 0.157. The van der Waals surface area contributed by atoms with E-state index in [1.54, 1.807) is 4.68 Å². The molecule has 0 aliphatic rings. The maximum atomic E-state index is 12.9. The summed E-state index contributed by atoms with van der Waals surface area (Å²) in [6, 6.07) is 13.5. The van der Waals surface area contributed by atoms with Gasteiger partial charge in [-0.05, 0) is 43.9 Å². The maximum absolute atomic E-state index is 12.9. The molecule has 8 heteroatoms. The van der Waals surface area contributed by atoms with Crippen molar-refractivity contribution in [3.8, 4) is 5.69 Å². The molecule has 160 valence electrons. The van der Waals surface area contributed by atoms with E-state index in [1.807, 2.05) is 63.2 Å². The van der Waals surface area contributed by atoms with E-state index in [2.05, 4.69) is 20.6 Å². The summed E-state index contributed by atoms with van der Waals surface area (Å²) in [5.74, 6) is 0.607. The van der Waals surface area contributed by atoms with Crippen LogP contribution in [0.1, 0.15) is 53.6 Å². The third kappa shape index (κ3) is 4.28. The molecule has 0 unspecified atom stereocenters. The highest BCUT2D eigenvalue weighted by molar-refractivity contribution is 6.06. The summed E-state index contributed by atoms with van der Waals surface area (Å²) >= 11 is 0. The van der Waals surface area contributed by atoms with Gasteiger partial charge in [0.05, 0.1) is 28.0 Å². The van der Waals surface area contributed by atoms with E-state index in [0.717, 1.165) is 23.5 Å². The average molecular weight is 419 g/mol. The van der Waals surface area contributed by atoms with Gasteiger partial charge in [0.1, 0.15) is 5.82 Å². The third-order valence-corrected chi connectivity index (χ3v) is 5.16. The van der Waals surface area contributed by atoms with Gasteiger partial charge in [-0.1, -0.05) is 37.2 Å². The maximum Gasteiger partial charge on any atom is 0.259 e.